The lowest BCUT2D eigenvalue weighted by Crippen LogP contribution is -2.25. The zero-order valence-corrected chi connectivity index (χ0v) is 13.4. The molecule has 0 saturated heterocycles. The first-order valence-electron chi connectivity index (χ1n) is 7.07. The van der Waals surface area contributed by atoms with Gasteiger partial charge in [-0.05, 0) is 31.0 Å². The highest BCUT2D eigenvalue weighted by atomic mass is 35.5. The molecule has 4 nitrogen and oxygen atoms in total. The molecule has 0 unspecified atom stereocenters. The molecule has 1 rings (SSSR count). The van der Waals surface area contributed by atoms with E-state index < -0.39 is 29.4 Å². The van der Waals surface area contributed by atoms with Crippen LogP contribution in [-0.2, 0) is 11.0 Å². The van der Waals surface area contributed by atoms with Crippen LogP contribution in [0.2, 0.25) is 0 Å². The van der Waals surface area contributed by atoms with Gasteiger partial charge in [0.1, 0.15) is 5.88 Å². The van der Waals surface area contributed by atoms with Gasteiger partial charge in [0, 0.05) is 24.2 Å². The summed E-state index contributed by atoms with van der Waals surface area (Å²) in [4.78, 5) is 23.3. The van der Waals surface area contributed by atoms with Crippen molar-refractivity contribution in [2.24, 2.45) is 0 Å². The predicted octanol–water partition coefficient (Wildman–Crippen LogP) is 3.42. The molecule has 8 heteroatoms. The van der Waals surface area contributed by atoms with E-state index in [0.29, 0.717) is 25.8 Å². The third kappa shape index (κ3) is 6.50. The number of carbonyl (C=O) groups is 2. The first kappa shape index (κ1) is 19.8. The van der Waals surface area contributed by atoms with E-state index in [9.17, 15) is 22.8 Å². The summed E-state index contributed by atoms with van der Waals surface area (Å²) in [5.74, 6) is 0.711. The molecule has 0 atom stereocenters. The Labute approximate surface area is 142 Å². The van der Waals surface area contributed by atoms with E-state index in [0.717, 1.165) is 18.2 Å². The summed E-state index contributed by atoms with van der Waals surface area (Å²) >= 11 is 5.32. The first-order valence-corrected chi connectivity index (χ1v) is 7.61. The molecule has 0 aromatic heterocycles. The molecule has 1 aromatic carbocycles. The van der Waals surface area contributed by atoms with Crippen molar-refractivity contribution in [3.8, 4) is 12.3 Å². The van der Waals surface area contributed by atoms with E-state index in [4.69, 9.17) is 18.0 Å². The Morgan fingerprint density at radius 3 is 2.50 bits per heavy atom. The number of halogens is 4. The van der Waals surface area contributed by atoms with Crippen LogP contribution in [0.3, 0.4) is 0 Å². The van der Waals surface area contributed by atoms with E-state index in [1.165, 1.54) is 0 Å². The van der Waals surface area contributed by atoms with Gasteiger partial charge in [0.05, 0.1) is 5.56 Å². The average molecular weight is 361 g/mol. The lowest BCUT2D eigenvalue weighted by molar-refractivity contribution is -0.137. The van der Waals surface area contributed by atoms with E-state index in [-0.39, 0.29) is 11.3 Å². The number of rotatable bonds is 7. The Bertz CT molecular complexity index is 639. The first-order chi connectivity index (χ1) is 11.3. The molecule has 0 aliphatic heterocycles. The summed E-state index contributed by atoms with van der Waals surface area (Å²) in [7, 11) is 0. The summed E-state index contributed by atoms with van der Waals surface area (Å²) in [6.07, 6.45) is 2.33. The number of amides is 2. The van der Waals surface area contributed by atoms with Crippen molar-refractivity contribution in [1.29, 1.82) is 0 Å². The van der Waals surface area contributed by atoms with Crippen LogP contribution in [0.15, 0.2) is 18.2 Å². The maximum absolute atomic E-state index is 12.9. The van der Waals surface area contributed by atoms with Crippen molar-refractivity contribution >= 4 is 29.1 Å². The highest BCUT2D eigenvalue weighted by Gasteiger charge is 2.32. The maximum atomic E-state index is 12.9. The fourth-order valence-electron chi connectivity index (χ4n) is 1.84. The summed E-state index contributed by atoms with van der Waals surface area (Å²) in [5, 5.41) is 4.73. The van der Waals surface area contributed by atoms with Crippen LogP contribution >= 0.6 is 11.6 Å². The number of carbonyl (C=O) groups excluding carboxylic acids is 2. The van der Waals surface area contributed by atoms with Gasteiger partial charge in [-0.3, -0.25) is 9.59 Å². The molecule has 130 valence electrons. The van der Waals surface area contributed by atoms with Gasteiger partial charge in [-0.1, -0.05) is 0 Å². The number of hydrogen-bond donors (Lipinski definition) is 2. The van der Waals surface area contributed by atoms with E-state index in [1.807, 2.05) is 0 Å². The minimum absolute atomic E-state index is 0.145. The SMILES string of the molecule is C#CCCCCNC(=O)c1cc(NC(=O)CCl)cc(C(F)(F)F)c1. The van der Waals surface area contributed by atoms with Gasteiger partial charge in [-0.15, -0.1) is 23.9 Å². The molecule has 0 aliphatic carbocycles. The van der Waals surface area contributed by atoms with Gasteiger partial charge < -0.3 is 10.6 Å². The van der Waals surface area contributed by atoms with Crippen LogP contribution in [0.5, 0.6) is 0 Å². The monoisotopic (exact) mass is 360 g/mol. The third-order valence-electron chi connectivity index (χ3n) is 2.96. The molecule has 0 heterocycles. The predicted molar refractivity (Wildman–Crippen MR) is 85.8 cm³/mol. The van der Waals surface area contributed by atoms with Crippen molar-refractivity contribution in [1.82, 2.24) is 5.32 Å². The Balaban J connectivity index is 2.91. The largest absolute Gasteiger partial charge is 0.416 e. The smallest absolute Gasteiger partial charge is 0.352 e. The highest BCUT2D eigenvalue weighted by molar-refractivity contribution is 6.29. The van der Waals surface area contributed by atoms with Crippen LogP contribution in [0.1, 0.15) is 35.2 Å². The van der Waals surface area contributed by atoms with Gasteiger partial charge in [0.25, 0.3) is 5.91 Å². The van der Waals surface area contributed by atoms with E-state index >= 15 is 0 Å². The zero-order chi connectivity index (χ0) is 18.2. The van der Waals surface area contributed by atoms with Crippen molar-refractivity contribution in [3.05, 3.63) is 29.3 Å². The van der Waals surface area contributed by atoms with Crippen LogP contribution in [0, 0.1) is 12.3 Å². The number of alkyl halides is 4. The minimum Gasteiger partial charge on any atom is -0.352 e. The van der Waals surface area contributed by atoms with Gasteiger partial charge in [-0.2, -0.15) is 13.2 Å². The lowest BCUT2D eigenvalue weighted by atomic mass is 10.1. The van der Waals surface area contributed by atoms with Crippen molar-refractivity contribution < 1.29 is 22.8 Å². The van der Waals surface area contributed by atoms with Crippen LogP contribution in [0.25, 0.3) is 0 Å². The number of unbranched alkanes of at least 4 members (excludes halogenated alkanes) is 2. The highest BCUT2D eigenvalue weighted by Crippen LogP contribution is 2.32. The molecule has 0 radical (unpaired) electrons. The quantitative estimate of drug-likeness (QED) is 0.445. The number of terminal acetylenes is 1. The molecule has 0 bridgehead atoms. The van der Waals surface area contributed by atoms with Gasteiger partial charge in [0.2, 0.25) is 5.91 Å². The lowest BCUT2D eigenvalue weighted by Gasteiger charge is -2.13. The molecule has 0 saturated carbocycles. The van der Waals surface area contributed by atoms with Crippen LogP contribution < -0.4 is 10.6 Å². The van der Waals surface area contributed by atoms with Crippen LogP contribution in [-0.4, -0.2) is 24.2 Å². The molecule has 2 amide bonds. The van der Waals surface area contributed by atoms with Crippen molar-refractivity contribution in [3.63, 3.8) is 0 Å². The van der Waals surface area contributed by atoms with Crippen LogP contribution in [0.4, 0.5) is 18.9 Å². The minimum atomic E-state index is -4.65. The standard InChI is InChI=1S/C16H16ClF3N2O2/c1-2-3-4-5-6-21-15(24)11-7-12(16(18,19)20)9-13(8-11)22-14(23)10-17/h1,7-9H,3-6,10H2,(H,21,24)(H,22,23). The zero-order valence-electron chi connectivity index (χ0n) is 12.7. The van der Waals surface area contributed by atoms with Gasteiger partial charge >= 0.3 is 6.18 Å². The molecule has 0 spiro atoms. The number of anilines is 1. The number of benzene rings is 1. The second-order valence-corrected chi connectivity index (χ2v) is 5.16. The molecule has 2 N–H and O–H groups in total. The number of nitrogens with one attached hydrogen (secondary N) is 2. The van der Waals surface area contributed by atoms with E-state index in [2.05, 4.69) is 16.6 Å². The molecule has 24 heavy (non-hydrogen) atoms. The topological polar surface area (TPSA) is 58.2 Å². The molecule has 0 fully saturated rings. The second-order valence-electron chi connectivity index (χ2n) is 4.90. The number of hydrogen-bond acceptors (Lipinski definition) is 2. The molecular formula is C16H16ClF3N2O2. The van der Waals surface area contributed by atoms with E-state index in [1.54, 1.807) is 0 Å². The summed E-state index contributed by atoms with van der Waals surface area (Å²) in [6.45, 7) is 0.292. The van der Waals surface area contributed by atoms with Gasteiger partial charge in [-0.25, -0.2) is 0 Å². The Kier molecular flexibility index (Phi) is 7.59. The fourth-order valence-corrected chi connectivity index (χ4v) is 1.91. The average Bonchev–Trinajstić information content (AvgIpc) is 2.53. The van der Waals surface area contributed by atoms with Crippen molar-refractivity contribution in [2.45, 2.75) is 25.4 Å². The molecule has 0 aliphatic rings. The maximum Gasteiger partial charge on any atom is 0.416 e. The van der Waals surface area contributed by atoms with Gasteiger partial charge in [0.15, 0.2) is 0 Å². The Morgan fingerprint density at radius 1 is 1.21 bits per heavy atom. The second kappa shape index (κ2) is 9.18. The van der Waals surface area contributed by atoms with Crippen molar-refractivity contribution in [2.75, 3.05) is 17.7 Å². The molecular weight excluding hydrogens is 345 g/mol. The molecule has 1 aromatic rings. The Morgan fingerprint density at radius 2 is 1.92 bits per heavy atom. The summed E-state index contributed by atoms with van der Waals surface area (Å²) in [5.41, 5.74) is -1.38. The fraction of sp³-hybridized carbons (Fsp3) is 0.375. The summed E-state index contributed by atoms with van der Waals surface area (Å²) in [6, 6.07) is 2.64. The normalized spacial score (nSPS) is 10.8. The Hall–Kier alpha value is -2.20. The third-order valence-corrected chi connectivity index (χ3v) is 3.20. The summed E-state index contributed by atoms with van der Waals surface area (Å²) < 4.78 is 38.8.